The SMILES string of the molecule is NCc1cn(CC(=O)NC2(c3ccc(C(F)(F)F)cc3)CC2)nn1. The first-order valence-corrected chi connectivity index (χ1v) is 7.40. The van der Waals surface area contributed by atoms with Gasteiger partial charge >= 0.3 is 6.18 Å². The summed E-state index contributed by atoms with van der Waals surface area (Å²) in [7, 11) is 0. The molecular formula is C15H16F3N5O. The van der Waals surface area contributed by atoms with E-state index in [0.29, 0.717) is 24.1 Å². The predicted molar refractivity (Wildman–Crippen MR) is 78.4 cm³/mol. The van der Waals surface area contributed by atoms with Crippen LogP contribution in [0.5, 0.6) is 0 Å². The van der Waals surface area contributed by atoms with Gasteiger partial charge in [0.1, 0.15) is 6.54 Å². The van der Waals surface area contributed by atoms with Crippen molar-refractivity contribution in [1.82, 2.24) is 20.3 Å². The molecule has 0 spiro atoms. The van der Waals surface area contributed by atoms with Crippen LogP contribution in [0, 0.1) is 0 Å². The van der Waals surface area contributed by atoms with Crippen LogP contribution in [0.1, 0.15) is 29.7 Å². The molecule has 1 saturated carbocycles. The average molecular weight is 339 g/mol. The van der Waals surface area contributed by atoms with Crippen LogP contribution < -0.4 is 11.1 Å². The standard InChI is InChI=1S/C15H16F3N5O/c16-15(17,18)11-3-1-10(2-4-11)14(5-6-14)20-13(24)9-23-8-12(7-19)21-22-23/h1-4,8H,5-7,9,19H2,(H,20,24). The van der Waals surface area contributed by atoms with Gasteiger partial charge in [0, 0.05) is 6.54 Å². The molecule has 9 heteroatoms. The molecule has 0 radical (unpaired) electrons. The number of rotatable bonds is 5. The Morgan fingerprint density at radius 1 is 1.29 bits per heavy atom. The second kappa shape index (κ2) is 5.90. The Balaban J connectivity index is 1.66. The number of hydrogen-bond donors (Lipinski definition) is 2. The maximum Gasteiger partial charge on any atom is 0.416 e. The first kappa shape index (κ1) is 16.4. The molecule has 24 heavy (non-hydrogen) atoms. The van der Waals surface area contributed by atoms with E-state index in [-0.39, 0.29) is 19.0 Å². The second-order valence-corrected chi connectivity index (χ2v) is 5.82. The smallest absolute Gasteiger partial charge is 0.345 e. The molecule has 2 aromatic rings. The Morgan fingerprint density at radius 3 is 2.46 bits per heavy atom. The molecule has 128 valence electrons. The minimum Gasteiger partial charge on any atom is -0.345 e. The molecule has 0 unspecified atom stereocenters. The highest BCUT2D eigenvalue weighted by atomic mass is 19.4. The molecule has 1 aromatic heterocycles. The van der Waals surface area contributed by atoms with Gasteiger partial charge in [0.2, 0.25) is 5.91 Å². The summed E-state index contributed by atoms with van der Waals surface area (Å²) in [6.45, 7) is 0.215. The van der Waals surface area contributed by atoms with Crippen molar-refractivity contribution in [2.24, 2.45) is 5.73 Å². The quantitative estimate of drug-likeness (QED) is 0.866. The summed E-state index contributed by atoms with van der Waals surface area (Å²) in [5.41, 5.74) is 5.39. The van der Waals surface area contributed by atoms with Crippen molar-refractivity contribution in [2.45, 2.75) is 37.6 Å². The van der Waals surface area contributed by atoms with Crippen LogP contribution in [0.25, 0.3) is 0 Å². The van der Waals surface area contributed by atoms with Crippen molar-refractivity contribution in [3.8, 4) is 0 Å². The lowest BCUT2D eigenvalue weighted by atomic mass is 10.0. The maximum absolute atomic E-state index is 12.6. The van der Waals surface area contributed by atoms with E-state index in [0.717, 1.165) is 12.1 Å². The van der Waals surface area contributed by atoms with Gasteiger partial charge in [-0.15, -0.1) is 5.10 Å². The van der Waals surface area contributed by atoms with Gasteiger partial charge in [-0.3, -0.25) is 4.79 Å². The normalized spacial score (nSPS) is 16.0. The van der Waals surface area contributed by atoms with Crippen LogP contribution in [0.15, 0.2) is 30.5 Å². The number of carbonyl (C=O) groups excluding carboxylic acids is 1. The zero-order chi connectivity index (χ0) is 17.4. The van der Waals surface area contributed by atoms with Gasteiger partial charge in [-0.1, -0.05) is 17.3 Å². The third kappa shape index (κ3) is 3.40. The third-order valence-electron chi connectivity index (χ3n) is 3.99. The summed E-state index contributed by atoms with van der Waals surface area (Å²) in [6.07, 6.45) is -1.41. The van der Waals surface area contributed by atoms with Crippen molar-refractivity contribution in [3.05, 3.63) is 47.3 Å². The van der Waals surface area contributed by atoms with E-state index in [1.54, 1.807) is 6.20 Å². The molecule has 0 atom stereocenters. The molecular weight excluding hydrogens is 323 g/mol. The predicted octanol–water partition coefficient (Wildman–Crippen LogP) is 1.56. The fraction of sp³-hybridized carbons (Fsp3) is 0.400. The fourth-order valence-corrected chi connectivity index (χ4v) is 2.55. The van der Waals surface area contributed by atoms with E-state index in [2.05, 4.69) is 15.6 Å². The van der Waals surface area contributed by atoms with Gasteiger partial charge in [0.05, 0.1) is 23.0 Å². The minimum absolute atomic E-state index is 0.0185. The van der Waals surface area contributed by atoms with E-state index in [1.807, 2.05) is 0 Å². The number of amides is 1. The molecule has 3 N–H and O–H groups in total. The van der Waals surface area contributed by atoms with E-state index in [4.69, 9.17) is 5.73 Å². The fourth-order valence-electron chi connectivity index (χ4n) is 2.55. The molecule has 6 nitrogen and oxygen atoms in total. The van der Waals surface area contributed by atoms with E-state index in [9.17, 15) is 18.0 Å². The van der Waals surface area contributed by atoms with Crippen molar-refractivity contribution in [2.75, 3.05) is 0 Å². The van der Waals surface area contributed by atoms with Crippen LogP contribution in [-0.4, -0.2) is 20.9 Å². The lowest BCUT2D eigenvalue weighted by Gasteiger charge is -2.18. The Morgan fingerprint density at radius 2 is 1.96 bits per heavy atom. The molecule has 1 aliphatic rings. The van der Waals surface area contributed by atoms with Crippen LogP contribution >= 0.6 is 0 Å². The number of nitrogens with two attached hydrogens (primary N) is 1. The number of halogens is 3. The molecule has 0 saturated heterocycles. The van der Waals surface area contributed by atoms with Crippen LogP contribution in [0.3, 0.4) is 0 Å². The van der Waals surface area contributed by atoms with Crippen molar-refractivity contribution in [3.63, 3.8) is 0 Å². The van der Waals surface area contributed by atoms with Gasteiger partial charge in [0.25, 0.3) is 0 Å². The van der Waals surface area contributed by atoms with Gasteiger partial charge in [-0.25, -0.2) is 4.68 Å². The van der Waals surface area contributed by atoms with Gasteiger partial charge in [0.15, 0.2) is 0 Å². The molecule has 1 amide bonds. The van der Waals surface area contributed by atoms with Crippen LogP contribution in [0.4, 0.5) is 13.2 Å². The van der Waals surface area contributed by atoms with E-state index in [1.165, 1.54) is 16.8 Å². The highest BCUT2D eigenvalue weighted by molar-refractivity contribution is 5.77. The summed E-state index contributed by atoms with van der Waals surface area (Å²) < 4.78 is 39.2. The lowest BCUT2D eigenvalue weighted by Crippen LogP contribution is -2.37. The van der Waals surface area contributed by atoms with Gasteiger partial charge in [-0.05, 0) is 30.5 Å². The first-order chi connectivity index (χ1) is 11.3. The number of nitrogens with zero attached hydrogens (tertiary/aromatic N) is 3. The molecule has 1 aromatic carbocycles. The molecule has 0 aliphatic heterocycles. The highest BCUT2D eigenvalue weighted by Gasteiger charge is 2.46. The van der Waals surface area contributed by atoms with Crippen molar-refractivity contribution >= 4 is 5.91 Å². The lowest BCUT2D eigenvalue weighted by molar-refractivity contribution is -0.137. The second-order valence-electron chi connectivity index (χ2n) is 5.82. The largest absolute Gasteiger partial charge is 0.416 e. The van der Waals surface area contributed by atoms with Gasteiger partial charge < -0.3 is 11.1 Å². The van der Waals surface area contributed by atoms with Crippen LogP contribution in [-0.2, 0) is 29.6 Å². The van der Waals surface area contributed by atoms with Crippen LogP contribution in [0.2, 0.25) is 0 Å². The number of alkyl halides is 3. The minimum atomic E-state index is -4.37. The van der Waals surface area contributed by atoms with Crippen molar-refractivity contribution in [1.29, 1.82) is 0 Å². The Hall–Kier alpha value is -2.42. The van der Waals surface area contributed by atoms with E-state index >= 15 is 0 Å². The van der Waals surface area contributed by atoms with Crippen molar-refractivity contribution < 1.29 is 18.0 Å². The molecule has 1 aliphatic carbocycles. The summed E-state index contributed by atoms with van der Waals surface area (Å²) in [4.78, 5) is 12.2. The number of hydrogen-bond acceptors (Lipinski definition) is 4. The number of carbonyl (C=O) groups is 1. The number of benzene rings is 1. The summed E-state index contributed by atoms with van der Waals surface area (Å²) >= 11 is 0. The average Bonchev–Trinajstić information content (AvgIpc) is 3.16. The number of nitrogens with one attached hydrogen (secondary N) is 1. The Bertz CT molecular complexity index is 734. The topological polar surface area (TPSA) is 85.8 Å². The van der Waals surface area contributed by atoms with E-state index < -0.39 is 17.3 Å². The monoisotopic (exact) mass is 339 g/mol. The van der Waals surface area contributed by atoms with Gasteiger partial charge in [-0.2, -0.15) is 13.2 Å². The summed E-state index contributed by atoms with van der Waals surface area (Å²) in [5.74, 6) is -0.277. The maximum atomic E-state index is 12.6. The first-order valence-electron chi connectivity index (χ1n) is 7.40. The molecule has 3 rings (SSSR count). The molecule has 0 bridgehead atoms. The zero-order valence-corrected chi connectivity index (χ0v) is 12.7. The molecule has 1 fully saturated rings. The zero-order valence-electron chi connectivity index (χ0n) is 12.7. The Kier molecular flexibility index (Phi) is 4.04. The highest BCUT2D eigenvalue weighted by Crippen LogP contribution is 2.46. The summed E-state index contributed by atoms with van der Waals surface area (Å²) in [6, 6.07) is 4.90. The third-order valence-corrected chi connectivity index (χ3v) is 3.99. The molecule has 1 heterocycles. The summed E-state index contributed by atoms with van der Waals surface area (Å²) in [5, 5.41) is 10.5. The number of aromatic nitrogens is 3. The Labute approximate surface area is 135 Å².